The van der Waals surface area contributed by atoms with Crippen LogP contribution < -0.4 is 0 Å². The van der Waals surface area contributed by atoms with E-state index in [1.807, 2.05) is 0 Å². The molecule has 0 bridgehead atoms. The zero-order valence-corrected chi connectivity index (χ0v) is 18.1. The van der Waals surface area contributed by atoms with Gasteiger partial charge in [-0.05, 0) is 43.2 Å². The Labute approximate surface area is 171 Å². The van der Waals surface area contributed by atoms with E-state index in [1.54, 1.807) is 24.3 Å². The van der Waals surface area contributed by atoms with Crippen LogP contribution in [0.1, 0.15) is 12.5 Å². The van der Waals surface area contributed by atoms with E-state index in [0.29, 0.717) is 5.56 Å². The summed E-state index contributed by atoms with van der Waals surface area (Å²) < 4.78 is 60.1. The lowest BCUT2D eigenvalue weighted by molar-refractivity contribution is -0.196. The molecule has 2 rings (SSSR count). The number of rotatable bonds is 10. The first-order chi connectivity index (χ1) is 13.5. The third-order valence-corrected chi connectivity index (χ3v) is 7.97. The van der Waals surface area contributed by atoms with E-state index in [-0.39, 0.29) is 22.0 Å². The molecular weight excluding hydrogens is 416 g/mol. The van der Waals surface area contributed by atoms with Gasteiger partial charge in [0.15, 0.2) is 19.7 Å². The molecule has 0 aliphatic heterocycles. The molecule has 9 heteroatoms. The molecular formula is C20H24O7S2. The number of ketones is 1. The molecule has 0 fully saturated rings. The van der Waals surface area contributed by atoms with Gasteiger partial charge in [-0.1, -0.05) is 30.3 Å². The van der Waals surface area contributed by atoms with Gasteiger partial charge in [-0.25, -0.2) is 16.8 Å². The van der Waals surface area contributed by atoms with E-state index in [4.69, 9.17) is 9.47 Å². The highest BCUT2D eigenvalue weighted by Crippen LogP contribution is 2.19. The van der Waals surface area contributed by atoms with Crippen LogP contribution in [0.5, 0.6) is 0 Å². The van der Waals surface area contributed by atoms with Crippen molar-refractivity contribution in [1.82, 2.24) is 0 Å². The van der Waals surface area contributed by atoms with Crippen LogP contribution in [0.3, 0.4) is 0 Å². The lowest BCUT2D eigenvalue weighted by atomic mass is 10.2. The minimum atomic E-state index is -3.95. The number of methoxy groups -OCH3 is 2. The predicted octanol–water partition coefficient (Wildman–Crippen LogP) is 2.05. The van der Waals surface area contributed by atoms with Crippen molar-refractivity contribution >= 4 is 25.5 Å². The highest BCUT2D eigenvalue weighted by atomic mass is 32.2. The fourth-order valence-electron chi connectivity index (χ4n) is 2.59. The van der Waals surface area contributed by atoms with E-state index < -0.39 is 37.0 Å². The second-order valence-electron chi connectivity index (χ2n) is 6.57. The van der Waals surface area contributed by atoms with E-state index >= 15 is 0 Å². The average molecular weight is 441 g/mol. The standard InChI is InChI=1S/C20H24O7S2/c1-20(26-2,27-3)19(21)15-29(24,25)18-11-7-8-16(14-18)12-13-28(22,23)17-9-5-4-6-10-17/h4-11,14H,12-13,15H2,1-3H3. The van der Waals surface area contributed by atoms with Crippen molar-refractivity contribution in [2.45, 2.75) is 28.9 Å². The first-order valence-electron chi connectivity index (χ1n) is 8.77. The van der Waals surface area contributed by atoms with Crippen molar-refractivity contribution in [2.75, 3.05) is 25.7 Å². The molecule has 0 aromatic heterocycles. The summed E-state index contributed by atoms with van der Waals surface area (Å²) in [6.45, 7) is 1.34. The molecule has 0 spiro atoms. The number of Topliss-reactive ketones (excluding diaryl/α,β-unsaturated/α-hetero) is 1. The second kappa shape index (κ2) is 9.17. The zero-order chi connectivity index (χ0) is 21.7. The minimum absolute atomic E-state index is 0.0602. The van der Waals surface area contributed by atoms with Gasteiger partial charge in [0.05, 0.1) is 15.5 Å². The van der Waals surface area contributed by atoms with Gasteiger partial charge in [-0.15, -0.1) is 0 Å². The maximum atomic E-state index is 12.6. The molecule has 0 N–H and O–H groups in total. The van der Waals surface area contributed by atoms with Crippen molar-refractivity contribution < 1.29 is 31.1 Å². The second-order valence-corrected chi connectivity index (χ2v) is 10.7. The van der Waals surface area contributed by atoms with Crippen LogP contribution in [0.15, 0.2) is 64.4 Å². The zero-order valence-electron chi connectivity index (χ0n) is 16.5. The maximum Gasteiger partial charge on any atom is 0.226 e. The topological polar surface area (TPSA) is 104 Å². The minimum Gasteiger partial charge on any atom is -0.347 e. The van der Waals surface area contributed by atoms with Gasteiger partial charge in [0.1, 0.15) is 5.75 Å². The van der Waals surface area contributed by atoms with Crippen LogP contribution in [0.4, 0.5) is 0 Å². The van der Waals surface area contributed by atoms with Gasteiger partial charge >= 0.3 is 0 Å². The molecule has 0 aliphatic carbocycles. The van der Waals surface area contributed by atoms with E-state index in [2.05, 4.69) is 0 Å². The molecule has 0 saturated heterocycles. The SMILES string of the molecule is COC(C)(OC)C(=O)CS(=O)(=O)c1cccc(CCS(=O)(=O)c2ccccc2)c1. The van der Waals surface area contributed by atoms with Crippen LogP contribution >= 0.6 is 0 Å². The molecule has 0 radical (unpaired) electrons. The normalized spacial score (nSPS) is 12.7. The molecule has 0 saturated carbocycles. The summed E-state index contributed by atoms with van der Waals surface area (Å²) >= 11 is 0. The number of carbonyl (C=O) groups excluding carboxylic acids is 1. The monoisotopic (exact) mass is 440 g/mol. The summed E-state index contributed by atoms with van der Waals surface area (Å²) in [4.78, 5) is 12.5. The van der Waals surface area contributed by atoms with E-state index in [9.17, 15) is 21.6 Å². The summed E-state index contributed by atoms with van der Waals surface area (Å²) in [7, 11) is -4.94. The average Bonchev–Trinajstić information content (AvgIpc) is 2.72. The Morgan fingerprint density at radius 2 is 1.45 bits per heavy atom. The summed E-state index contributed by atoms with van der Waals surface area (Å²) in [6.07, 6.45) is 0.141. The molecule has 0 heterocycles. The largest absolute Gasteiger partial charge is 0.347 e. The summed E-state index contributed by atoms with van der Waals surface area (Å²) in [6, 6.07) is 14.0. The predicted molar refractivity (Wildman–Crippen MR) is 108 cm³/mol. The van der Waals surface area contributed by atoms with Crippen LogP contribution in [-0.2, 0) is 40.4 Å². The fourth-order valence-corrected chi connectivity index (χ4v) is 5.29. The van der Waals surface area contributed by atoms with Crippen molar-refractivity contribution in [1.29, 1.82) is 0 Å². The van der Waals surface area contributed by atoms with Gasteiger partial charge in [-0.3, -0.25) is 4.79 Å². The third-order valence-electron chi connectivity index (χ3n) is 4.63. The van der Waals surface area contributed by atoms with Gasteiger partial charge in [-0.2, -0.15) is 0 Å². The Balaban J connectivity index is 2.17. The van der Waals surface area contributed by atoms with E-state index in [1.165, 1.54) is 51.5 Å². The highest BCUT2D eigenvalue weighted by Gasteiger charge is 2.36. The number of ether oxygens (including phenoxy) is 2. The highest BCUT2D eigenvalue weighted by molar-refractivity contribution is 7.92. The van der Waals surface area contributed by atoms with Gasteiger partial charge in [0.2, 0.25) is 11.6 Å². The van der Waals surface area contributed by atoms with E-state index in [0.717, 1.165) is 0 Å². The Hall–Kier alpha value is -2.07. The van der Waals surface area contributed by atoms with Crippen molar-refractivity contribution in [2.24, 2.45) is 0 Å². The molecule has 0 unspecified atom stereocenters. The molecule has 2 aromatic rings. The number of hydrogen-bond donors (Lipinski definition) is 0. The van der Waals surface area contributed by atoms with Crippen LogP contribution in [0.25, 0.3) is 0 Å². The number of sulfone groups is 2. The molecule has 7 nitrogen and oxygen atoms in total. The number of carbonyl (C=O) groups is 1. The lowest BCUT2D eigenvalue weighted by Gasteiger charge is -2.24. The van der Waals surface area contributed by atoms with Gasteiger partial charge in [0.25, 0.3) is 0 Å². The fraction of sp³-hybridized carbons (Fsp3) is 0.350. The van der Waals surface area contributed by atoms with Crippen molar-refractivity contribution in [3.05, 3.63) is 60.2 Å². The van der Waals surface area contributed by atoms with Gasteiger partial charge in [0, 0.05) is 14.2 Å². The summed E-state index contributed by atoms with van der Waals surface area (Å²) in [5.41, 5.74) is 0.541. The molecule has 0 aliphatic rings. The van der Waals surface area contributed by atoms with Crippen LogP contribution in [0, 0.1) is 0 Å². The quantitative estimate of drug-likeness (QED) is 0.521. The van der Waals surface area contributed by atoms with Crippen molar-refractivity contribution in [3.8, 4) is 0 Å². The molecule has 0 amide bonds. The summed E-state index contributed by atoms with van der Waals surface area (Å²) in [5, 5.41) is 0. The Bertz CT molecular complexity index is 1060. The molecule has 158 valence electrons. The Morgan fingerprint density at radius 1 is 0.862 bits per heavy atom. The molecule has 2 aromatic carbocycles. The third kappa shape index (κ3) is 5.72. The number of hydrogen-bond acceptors (Lipinski definition) is 7. The maximum absolute atomic E-state index is 12.6. The molecule has 29 heavy (non-hydrogen) atoms. The summed E-state index contributed by atoms with van der Waals surface area (Å²) in [5.74, 6) is -3.35. The Morgan fingerprint density at radius 3 is 2.03 bits per heavy atom. The van der Waals surface area contributed by atoms with Gasteiger partial charge < -0.3 is 9.47 Å². The first-order valence-corrected chi connectivity index (χ1v) is 12.1. The Kier molecular flexibility index (Phi) is 7.34. The van der Waals surface area contributed by atoms with Crippen molar-refractivity contribution in [3.63, 3.8) is 0 Å². The lowest BCUT2D eigenvalue weighted by Crippen LogP contribution is -2.43. The van der Waals surface area contributed by atoms with Crippen LogP contribution in [-0.4, -0.2) is 54.1 Å². The number of aryl methyl sites for hydroxylation is 1. The smallest absolute Gasteiger partial charge is 0.226 e. The molecule has 0 atom stereocenters. The first kappa shape index (κ1) is 23.2. The van der Waals surface area contributed by atoms with Crippen LogP contribution in [0.2, 0.25) is 0 Å². The number of benzene rings is 2.